The van der Waals surface area contributed by atoms with E-state index in [2.05, 4.69) is 4.98 Å². The molecule has 2 aromatic rings. The summed E-state index contributed by atoms with van der Waals surface area (Å²) in [7, 11) is 0. The van der Waals surface area contributed by atoms with Crippen LogP contribution in [0.4, 0.5) is 0 Å². The minimum absolute atomic E-state index is 0.0338. The van der Waals surface area contributed by atoms with Crippen LogP contribution < -0.4 is 0 Å². The van der Waals surface area contributed by atoms with Crippen LogP contribution in [0.2, 0.25) is 0 Å². The molecule has 0 saturated carbocycles. The highest BCUT2D eigenvalue weighted by Crippen LogP contribution is 2.36. The number of hydrogen-bond donors (Lipinski definition) is 1. The van der Waals surface area contributed by atoms with Crippen molar-refractivity contribution in [1.82, 2.24) is 9.88 Å². The van der Waals surface area contributed by atoms with Crippen LogP contribution in [0.5, 0.6) is 0 Å². The number of likely N-dealkylation sites (tertiary alicyclic amines) is 1. The van der Waals surface area contributed by atoms with Crippen LogP contribution in [0.25, 0.3) is 0 Å². The van der Waals surface area contributed by atoms with Crippen molar-refractivity contribution in [2.75, 3.05) is 13.1 Å². The molecule has 2 heterocycles. The zero-order chi connectivity index (χ0) is 15.6. The molecule has 1 aromatic carbocycles. The van der Waals surface area contributed by atoms with Gasteiger partial charge in [0, 0.05) is 25.5 Å². The molecule has 1 aliphatic heterocycles. The normalized spacial score (nSPS) is 17.2. The van der Waals surface area contributed by atoms with Gasteiger partial charge < -0.3 is 9.88 Å². The topological polar surface area (TPSA) is 53.2 Å². The van der Waals surface area contributed by atoms with Gasteiger partial charge in [0.1, 0.15) is 5.78 Å². The van der Waals surface area contributed by atoms with Crippen LogP contribution in [0, 0.1) is 0 Å². The molecule has 1 saturated heterocycles. The van der Waals surface area contributed by atoms with Gasteiger partial charge in [0.15, 0.2) is 0 Å². The third-order valence-corrected chi connectivity index (χ3v) is 4.75. The van der Waals surface area contributed by atoms with E-state index in [-0.39, 0.29) is 11.7 Å². The highest BCUT2D eigenvalue weighted by molar-refractivity contribution is 5.94. The summed E-state index contributed by atoms with van der Waals surface area (Å²) in [6.07, 6.45) is 4.83. The molecule has 0 radical (unpaired) electrons. The monoisotopic (exact) mass is 296 g/mol. The van der Waals surface area contributed by atoms with Crippen molar-refractivity contribution >= 4 is 11.7 Å². The number of nitrogens with zero attached hydrogens (tertiary/aromatic N) is 1. The Morgan fingerprint density at radius 1 is 1.09 bits per heavy atom. The first-order valence-electron chi connectivity index (χ1n) is 7.62. The molecule has 1 fully saturated rings. The second-order valence-corrected chi connectivity index (χ2v) is 5.90. The summed E-state index contributed by atoms with van der Waals surface area (Å²) in [6.45, 7) is 2.88. The van der Waals surface area contributed by atoms with Crippen LogP contribution in [0.3, 0.4) is 0 Å². The SMILES string of the molecule is CC(=O)C1(c2ccccc2)CCN(C(=O)c2cc[nH]c2)CC1. The molecule has 4 heteroatoms. The lowest BCUT2D eigenvalue weighted by Gasteiger charge is -2.40. The molecule has 4 nitrogen and oxygen atoms in total. The van der Waals surface area contributed by atoms with Gasteiger partial charge in [-0.3, -0.25) is 9.59 Å². The van der Waals surface area contributed by atoms with E-state index in [1.54, 1.807) is 25.4 Å². The van der Waals surface area contributed by atoms with Gasteiger partial charge in [-0.05, 0) is 31.4 Å². The summed E-state index contributed by atoms with van der Waals surface area (Å²) in [6, 6.07) is 11.7. The highest BCUT2D eigenvalue weighted by atomic mass is 16.2. The first-order chi connectivity index (χ1) is 10.6. The molecule has 1 amide bonds. The highest BCUT2D eigenvalue weighted by Gasteiger charge is 2.41. The van der Waals surface area contributed by atoms with E-state index < -0.39 is 5.41 Å². The number of benzene rings is 1. The molecule has 1 aromatic heterocycles. The van der Waals surface area contributed by atoms with Crippen molar-refractivity contribution in [2.45, 2.75) is 25.2 Å². The minimum atomic E-state index is -0.448. The number of hydrogen-bond acceptors (Lipinski definition) is 2. The van der Waals surface area contributed by atoms with E-state index in [0.717, 1.165) is 5.56 Å². The van der Waals surface area contributed by atoms with Crippen molar-refractivity contribution in [3.8, 4) is 0 Å². The standard InChI is InChI=1S/C18H20N2O2/c1-14(21)18(16-5-3-2-4-6-16)8-11-20(12-9-18)17(22)15-7-10-19-13-15/h2-7,10,13,19H,8-9,11-12H2,1H3. The van der Waals surface area contributed by atoms with Gasteiger partial charge >= 0.3 is 0 Å². The van der Waals surface area contributed by atoms with E-state index in [9.17, 15) is 9.59 Å². The van der Waals surface area contributed by atoms with E-state index in [1.807, 2.05) is 35.2 Å². The summed E-state index contributed by atoms with van der Waals surface area (Å²) in [4.78, 5) is 29.5. The fraction of sp³-hybridized carbons (Fsp3) is 0.333. The van der Waals surface area contributed by atoms with Crippen LogP contribution in [0.1, 0.15) is 35.7 Å². The maximum atomic E-state index is 12.4. The molecular weight excluding hydrogens is 276 g/mol. The van der Waals surface area contributed by atoms with E-state index in [4.69, 9.17) is 0 Å². The Balaban J connectivity index is 1.79. The van der Waals surface area contributed by atoms with Crippen LogP contribution in [-0.2, 0) is 10.2 Å². The Kier molecular flexibility index (Phi) is 3.84. The number of nitrogens with one attached hydrogen (secondary N) is 1. The van der Waals surface area contributed by atoms with E-state index in [0.29, 0.717) is 31.5 Å². The largest absolute Gasteiger partial charge is 0.367 e. The first-order valence-corrected chi connectivity index (χ1v) is 7.62. The van der Waals surface area contributed by atoms with Crippen molar-refractivity contribution in [1.29, 1.82) is 0 Å². The number of amides is 1. The fourth-order valence-electron chi connectivity index (χ4n) is 3.33. The summed E-state index contributed by atoms with van der Waals surface area (Å²) in [5.74, 6) is 0.221. The second-order valence-electron chi connectivity index (χ2n) is 5.90. The van der Waals surface area contributed by atoms with E-state index in [1.165, 1.54) is 0 Å². The molecule has 0 atom stereocenters. The third kappa shape index (κ3) is 2.45. The average Bonchev–Trinajstić information content (AvgIpc) is 3.09. The predicted octanol–water partition coefficient (Wildman–Crippen LogP) is 2.78. The Bertz CT molecular complexity index is 654. The average molecular weight is 296 g/mol. The lowest BCUT2D eigenvalue weighted by Crippen LogP contribution is -2.48. The lowest BCUT2D eigenvalue weighted by atomic mass is 9.70. The Labute approximate surface area is 130 Å². The number of H-pyrrole nitrogens is 1. The minimum Gasteiger partial charge on any atom is -0.367 e. The number of Topliss-reactive ketones (excluding diaryl/α,β-unsaturated/α-hetero) is 1. The molecule has 0 aliphatic carbocycles. The van der Waals surface area contributed by atoms with Crippen molar-refractivity contribution in [3.05, 3.63) is 59.9 Å². The maximum Gasteiger partial charge on any atom is 0.255 e. The predicted molar refractivity (Wildman–Crippen MR) is 84.7 cm³/mol. The number of aromatic amines is 1. The first kappa shape index (κ1) is 14.6. The van der Waals surface area contributed by atoms with Crippen LogP contribution in [0.15, 0.2) is 48.8 Å². The number of piperidine rings is 1. The third-order valence-electron chi connectivity index (χ3n) is 4.75. The van der Waals surface area contributed by atoms with Gasteiger partial charge in [0.05, 0.1) is 11.0 Å². The zero-order valence-corrected chi connectivity index (χ0v) is 12.7. The fourth-order valence-corrected chi connectivity index (χ4v) is 3.33. The van der Waals surface area contributed by atoms with Gasteiger partial charge in [-0.25, -0.2) is 0 Å². The second kappa shape index (κ2) is 5.79. The Morgan fingerprint density at radius 3 is 2.32 bits per heavy atom. The maximum absolute atomic E-state index is 12.4. The summed E-state index contributed by atoms with van der Waals surface area (Å²) < 4.78 is 0. The van der Waals surface area contributed by atoms with Gasteiger partial charge in [0.2, 0.25) is 0 Å². The molecule has 114 valence electrons. The quantitative estimate of drug-likeness (QED) is 0.947. The van der Waals surface area contributed by atoms with Crippen molar-refractivity contribution in [2.24, 2.45) is 0 Å². The van der Waals surface area contributed by atoms with Crippen molar-refractivity contribution in [3.63, 3.8) is 0 Å². The van der Waals surface area contributed by atoms with Gasteiger partial charge in [-0.2, -0.15) is 0 Å². The molecular formula is C18H20N2O2. The number of carbonyl (C=O) groups is 2. The molecule has 1 N–H and O–H groups in total. The van der Waals surface area contributed by atoms with Crippen LogP contribution >= 0.6 is 0 Å². The zero-order valence-electron chi connectivity index (χ0n) is 12.7. The van der Waals surface area contributed by atoms with Gasteiger partial charge in [0.25, 0.3) is 5.91 Å². The Morgan fingerprint density at radius 2 is 1.77 bits per heavy atom. The lowest BCUT2D eigenvalue weighted by molar-refractivity contribution is -0.124. The number of carbonyl (C=O) groups excluding carboxylic acids is 2. The van der Waals surface area contributed by atoms with Gasteiger partial charge in [-0.15, -0.1) is 0 Å². The number of ketones is 1. The molecule has 22 heavy (non-hydrogen) atoms. The summed E-state index contributed by atoms with van der Waals surface area (Å²) in [5.41, 5.74) is 1.29. The molecule has 0 unspecified atom stereocenters. The summed E-state index contributed by atoms with van der Waals surface area (Å²) >= 11 is 0. The molecule has 1 aliphatic rings. The van der Waals surface area contributed by atoms with E-state index >= 15 is 0 Å². The van der Waals surface area contributed by atoms with Crippen molar-refractivity contribution < 1.29 is 9.59 Å². The van der Waals surface area contributed by atoms with Crippen LogP contribution in [-0.4, -0.2) is 34.7 Å². The summed E-state index contributed by atoms with van der Waals surface area (Å²) in [5, 5.41) is 0. The smallest absolute Gasteiger partial charge is 0.255 e. The molecule has 3 rings (SSSR count). The Hall–Kier alpha value is -2.36. The number of rotatable bonds is 3. The number of aromatic nitrogens is 1. The van der Waals surface area contributed by atoms with Gasteiger partial charge in [-0.1, -0.05) is 30.3 Å². The molecule has 0 bridgehead atoms. The molecule has 0 spiro atoms.